The number of para-hydroxylation sites is 2. The van der Waals surface area contributed by atoms with Gasteiger partial charge in [0.15, 0.2) is 0 Å². The summed E-state index contributed by atoms with van der Waals surface area (Å²) in [5.74, 6) is -1.50. The molecule has 3 aromatic carbocycles. The number of carbonyl (C=O) groups excluding carboxylic acids is 1. The van der Waals surface area contributed by atoms with Crippen LogP contribution in [0.15, 0.2) is 91.0 Å². The summed E-state index contributed by atoms with van der Waals surface area (Å²) in [6, 6.07) is 26.5. The van der Waals surface area contributed by atoms with Crippen molar-refractivity contribution in [1.82, 2.24) is 5.32 Å². The second kappa shape index (κ2) is 8.67. The van der Waals surface area contributed by atoms with Crippen molar-refractivity contribution in [3.8, 4) is 0 Å². The molecule has 3 aromatic rings. The lowest BCUT2D eigenvalue weighted by atomic mass is 10.1. The van der Waals surface area contributed by atoms with Gasteiger partial charge in [-0.3, -0.25) is 4.79 Å². The number of nitrogens with one attached hydrogen (secondary N) is 1. The Morgan fingerprint density at radius 2 is 1.22 bits per heavy atom. The van der Waals surface area contributed by atoms with Crippen LogP contribution in [0.25, 0.3) is 0 Å². The van der Waals surface area contributed by atoms with Crippen molar-refractivity contribution in [3.05, 3.63) is 96.6 Å². The summed E-state index contributed by atoms with van der Waals surface area (Å²) in [6.45, 7) is 0.0991. The zero-order valence-corrected chi connectivity index (χ0v) is 14.7. The quantitative estimate of drug-likeness (QED) is 0.674. The van der Waals surface area contributed by atoms with E-state index in [-0.39, 0.29) is 6.54 Å². The minimum Gasteiger partial charge on any atom is -0.480 e. The van der Waals surface area contributed by atoms with Crippen LogP contribution in [0.3, 0.4) is 0 Å². The molecule has 0 aromatic heterocycles. The average Bonchev–Trinajstić information content (AvgIpc) is 2.72. The first-order valence-corrected chi connectivity index (χ1v) is 8.61. The van der Waals surface area contributed by atoms with E-state index in [9.17, 15) is 14.7 Å². The number of hydrogen-bond donors (Lipinski definition) is 2. The van der Waals surface area contributed by atoms with Gasteiger partial charge in [-0.05, 0) is 36.4 Å². The van der Waals surface area contributed by atoms with Crippen LogP contribution in [-0.2, 0) is 4.79 Å². The SMILES string of the molecule is O=C(N[C@H](CN(c1ccccc1)c1ccccc1)C(=O)O)c1ccccc1. The van der Waals surface area contributed by atoms with Gasteiger partial charge in [0.1, 0.15) is 6.04 Å². The van der Waals surface area contributed by atoms with E-state index < -0.39 is 17.9 Å². The van der Waals surface area contributed by atoms with E-state index in [0.717, 1.165) is 11.4 Å². The lowest BCUT2D eigenvalue weighted by molar-refractivity contribution is -0.138. The van der Waals surface area contributed by atoms with Crippen LogP contribution in [0.4, 0.5) is 11.4 Å². The van der Waals surface area contributed by atoms with Gasteiger partial charge in [-0.15, -0.1) is 0 Å². The first-order valence-electron chi connectivity index (χ1n) is 8.61. The molecule has 0 aliphatic rings. The standard InChI is InChI=1S/C22H20N2O3/c25-21(17-10-4-1-5-11-17)23-20(22(26)27)16-24(18-12-6-2-7-13-18)19-14-8-3-9-15-19/h1-15,20H,16H2,(H,23,25)(H,26,27)/t20-/m1/s1. The summed E-state index contributed by atoms with van der Waals surface area (Å²) in [5.41, 5.74) is 2.13. The highest BCUT2D eigenvalue weighted by atomic mass is 16.4. The molecular weight excluding hydrogens is 340 g/mol. The van der Waals surface area contributed by atoms with E-state index >= 15 is 0 Å². The minimum absolute atomic E-state index is 0.0991. The van der Waals surface area contributed by atoms with Crippen molar-refractivity contribution in [3.63, 3.8) is 0 Å². The van der Waals surface area contributed by atoms with Gasteiger partial charge in [0.25, 0.3) is 5.91 Å². The lowest BCUT2D eigenvalue weighted by Crippen LogP contribution is -2.47. The topological polar surface area (TPSA) is 69.6 Å². The fraction of sp³-hybridized carbons (Fsp3) is 0.0909. The Labute approximate surface area is 157 Å². The Morgan fingerprint density at radius 1 is 0.778 bits per heavy atom. The van der Waals surface area contributed by atoms with E-state index in [1.165, 1.54) is 0 Å². The Balaban J connectivity index is 1.85. The summed E-state index contributed by atoms with van der Waals surface area (Å²) in [4.78, 5) is 26.1. The molecule has 1 atom stereocenters. The number of rotatable bonds is 7. The summed E-state index contributed by atoms with van der Waals surface area (Å²) < 4.78 is 0. The molecule has 0 aliphatic carbocycles. The third kappa shape index (κ3) is 4.73. The number of carboxylic acid groups (broad SMARTS) is 1. The zero-order chi connectivity index (χ0) is 19.1. The zero-order valence-electron chi connectivity index (χ0n) is 14.7. The van der Waals surface area contributed by atoms with Gasteiger partial charge in [0.2, 0.25) is 0 Å². The molecule has 3 rings (SSSR count). The Hall–Kier alpha value is -3.60. The second-order valence-corrected chi connectivity index (χ2v) is 6.01. The van der Waals surface area contributed by atoms with Crippen LogP contribution >= 0.6 is 0 Å². The largest absolute Gasteiger partial charge is 0.480 e. The summed E-state index contributed by atoms with van der Waals surface area (Å²) >= 11 is 0. The molecule has 0 bridgehead atoms. The van der Waals surface area contributed by atoms with Crippen LogP contribution in [0.5, 0.6) is 0 Å². The maximum Gasteiger partial charge on any atom is 0.328 e. The van der Waals surface area contributed by atoms with Gasteiger partial charge in [0.05, 0.1) is 6.54 Å². The van der Waals surface area contributed by atoms with Crippen molar-refractivity contribution in [2.75, 3.05) is 11.4 Å². The molecule has 136 valence electrons. The molecule has 5 heteroatoms. The number of nitrogens with zero attached hydrogens (tertiary/aromatic N) is 1. The third-order valence-electron chi connectivity index (χ3n) is 4.14. The number of benzene rings is 3. The molecular formula is C22H20N2O3. The Morgan fingerprint density at radius 3 is 1.67 bits per heavy atom. The van der Waals surface area contributed by atoms with Gasteiger partial charge < -0.3 is 15.3 Å². The van der Waals surface area contributed by atoms with Gasteiger partial charge in [0, 0.05) is 16.9 Å². The summed E-state index contributed by atoms with van der Waals surface area (Å²) in [6.07, 6.45) is 0. The molecule has 2 N–H and O–H groups in total. The van der Waals surface area contributed by atoms with Crippen LogP contribution in [-0.4, -0.2) is 29.6 Å². The highest BCUT2D eigenvalue weighted by Gasteiger charge is 2.24. The minimum atomic E-state index is -1.09. The molecule has 5 nitrogen and oxygen atoms in total. The second-order valence-electron chi connectivity index (χ2n) is 6.01. The first-order chi connectivity index (χ1) is 13.1. The number of carboxylic acids is 1. The number of anilines is 2. The fourth-order valence-corrected chi connectivity index (χ4v) is 2.77. The van der Waals surface area contributed by atoms with E-state index in [1.807, 2.05) is 65.6 Å². The molecule has 0 saturated carbocycles. The van der Waals surface area contributed by atoms with E-state index in [1.54, 1.807) is 30.3 Å². The van der Waals surface area contributed by atoms with Crippen molar-refractivity contribution >= 4 is 23.3 Å². The summed E-state index contributed by atoms with van der Waals surface area (Å²) in [5, 5.41) is 12.3. The van der Waals surface area contributed by atoms with Crippen molar-refractivity contribution in [2.45, 2.75) is 6.04 Å². The summed E-state index contributed by atoms with van der Waals surface area (Å²) in [7, 11) is 0. The van der Waals surface area contributed by atoms with Gasteiger partial charge in [-0.25, -0.2) is 4.79 Å². The molecule has 0 aliphatic heterocycles. The van der Waals surface area contributed by atoms with Gasteiger partial charge in [-0.1, -0.05) is 54.6 Å². The average molecular weight is 360 g/mol. The molecule has 0 radical (unpaired) electrons. The normalized spacial score (nSPS) is 11.4. The molecule has 1 amide bonds. The van der Waals surface area contributed by atoms with Crippen molar-refractivity contribution in [2.24, 2.45) is 0 Å². The molecule has 0 saturated heterocycles. The van der Waals surface area contributed by atoms with Crippen LogP contribution in [0.2, 0.25) is 0 Å². The van der Waals surface area contributed by atoms with Crippen molar-refractivity contribution in [1.29, 1.82) is 0 Å². The number of amides is 1. The number of carbonyl (C=O) groups is 2. The van der Waals surface area contributed by atoms with Gasteiger partial charge >= 0.3 is 5.97 Å². The molecule has 0 spiro atoms. The number of aliphatic carboxylic acids is 1. The van der Waals surface area contributed by atoms with Crippen LogP contribution < -0.4 is 10.2 Å². The van der Waals surface area contributed by atoms with Crippen LogP contribution in [0, 0.1) is 0 Å². The molecule has 0 unspecified atom stereocenters. The highest BCUT2D eigenvalue weighted by Crippen LogP contribution is 2.25. The van der Waals surface area contributed by atoms with E-state index in [2.05, 4.69) is 5.32 Å². The maximum absolute atomic E-state index is 12.4. The van der Waals surface area contributed by atoms with Crippen LogP contribution in [0.1, 0.15) is 10.4 Å². The Bertz CT molecular complexity index is 844. The lowest BCUT2D eigenvalue weighted by Gasteiger charge is -2.28. The van der Waals surface area contributed by atoms with E-state index in [4.69, 9.17) is 0 Å². The number of hydrogen-bond acceptors (Lipinski definition) is 3. The molecule has 0 fully saturated rings. The molecule has 0 heterocycles. The molecule has 27 heavy (non-hydrogen) atoms. The monoisotopic (exact) mass is 360 g/mol. The predicted molar refractivity (Wildman–Crippen MR) is 105 cm³/mol. The van der Waals surface area contributed by atoms with E-state index in [0.29, 0.717) is 5.56 Å². The van der Waals surface area contributed by atoms with Gasteiger partial charge in [-0.2, -0.15) is 0 Å². The maximum atomic E-state index is 12.4. The highest BCUT2D eigenvalue weighted by molar-refractivity contribution is 5.96. The smallest absolute Gasteiger partial charge is 0.328 e. The fourth-order valence-electron chi connectivity index (χ4n) is 2.77. The Kier molecular flexibility index (Phi) is 5.84. The predicted octanol–water partition coefficient (Wildman–Crippen LogP) is 3.71. The first kappa shape index (κ1) is 18.2. The van der Waals surface area contributed by atoms with Crippen molar-refractivity contribution < 1.29 is 14.7 Å². The third-order valence-corrected chi connectivity index (χ3v) is 4.14.